The van der Waals surface area contributed by atoms with Crippen molar-refractivity contribution in [3.05, 3.63) is 11.4 Å². The van der Waals surface area contributed by atoms with Gasteiger partial charge >= 0.3 is 0 Å². The van der Waals surface area contributed by atoms with E-state index in [9.17, 15) is 0 Å². The van der Waals surface area contributed by atoms with Crippen molar-refractivity contribution in [1.29, 1.82) is 0 Å². The van der Waals surface area contributed by atoms with Crippen LogP contribution in [0.1, 0.15) is 50.9 Å². The first-order valence-corrected chi connectivity index (χ1v) is 6.78. The molecule has 1 unspecified atom stereocenters. The predicted molar refractivity (Wildman–Crippen MR) is 75.9 cm³/mol. The minimum Gasteiger partial charge on any atom is -0.383 e. The second kappa shape index (κ2) is 4.75. The zero-order chi connectivity index (χ0) is 13.4. The van der Waals surface area contributed by atoms with E-state index in [1.54, 1.807) is 0 Å². The smallest absolute Gasteiger partial charge is 0.137 e. The van der Waals surface area contributed by atoms with Crippen molar-refractivity contribution >= 4 is 11.6 Å². The van der Waals surface area contributed by atoms with Gasteiger partial charge in [-0.25, -0.2) is 9.97 Å². The van der Waals surface area contributed by atoms with Crippen LogP contribution in [-0.2, 0) is 0 Å². The fraction of sp³-hybridized carbons (Fsp3) is 0.714. The largest absolute Gasteiger partial charge is 0.383 e. The maximum Gasteiger partial charge on any atom is 0.137 e. The SMILES string of the molecule is Cc1c(N)nc(C2CC2)nc1N(C)C(C)C(C)C. The van der Waals surface area contributed by atoms with Gasteiger partial charge in [0.2, 0.25) is 0 Å². The maximum absolute atomic E-state index is 6.02. The molecule has 18 heavy (non-hydrogen) atoms. The fourth-order valence-electron chi connectivity index (χ4n) is 2.05. The molecule has 2 N–H and O–H groups in total. The van der Waals surface area contributed by atoms with Crippen LogP contribution in [0.4, 0.5) is 11.6 Å². The molecule has 1 saturated carbocycles. The highest BCUT2D eigenvalue weighted by molar-refractivity contribution is 5.57. The van der Waals surface area contributed by atoms with Gasteiger partial charge in [0.25, 0.3) is 0 Å². The Balaban J connectivity index is 2.36. The third-order valence-corrected chi connectivity index (χ3v) is 4.03. The summed E-state index contributed by atoms with van der Waals surface area (Å²) in [4.78, 5) is 11.4. The number of nitrogens with two attached hydrogens (primary N) is 1. The van der Waals surface area contributed by atoms with E-state index in [1.807, 2.05) is 6.92 Å². The van der Waals surface area contributed by atoms with Gasteiger partial charge in [-0.1, -0.05) is 13.8 Å². The van der Waals surface area contributed by atoms with E-state index in [0.29, 0.717) is 23.7 Å². The summed E-state index contributed by atoms with van der Waals surface area (Å²) in [5, 5.41) is 0. The zero-order valence-corrected chi connectivity index (χ0v) is 12.1. The normalized spacial score (nSPS) is 17.0. The van der Waals surface area contributed by atoms with E-state index in [1.165, 1.54) is 12.8 Å². The Labute approximate surface area is 110 Å². The van der Waals surface area contributed by atoms with Gasteiger partial charge in [0.15, 0.2) is 0 Å². The molecule has 4 heteroatoms. The Bertz CT molecular complexity index is 438. The van der Waals surface area contributed by atoms with Crippen molar-refractivity contribution in [3.8, 4) is 0 Å². The molecular weight excluding hydrogens is 224 g/mol. The first kappa shape index (κ1) is 13.1. The molecule has 0 spiro atoms. The van der Waals surface area contributed by atoms with E-state index >= 15 is 0 Å². The summed E-state index contributed by atoms with van der Waals surface area (Å²) in [6.45, 7) is 8.68. The van der Waals surface area contributed by atoms with E-state index in [-0.39, 0.29) is 0 Å². The highest BCUT2D eigenvalue weighted by atomic mass is 15.2. The topological polar surface area (TPSA) is 55.0 Å². The lowest BCUT2D eigenvalue weighted by Gasteiger charge is -2.30. The molecule has 0 bridgehead atoms. The molecule has 0 aromatic carbocycles. The summed E-state index contributed by atoms with van der Waals surface area (Å²) in [5.41, 5.74) is 7.02. The van der Waals surface area contributed by atoms with E-state index in [2.05, 4.69) is 37.7 Å². The van der Waals surface area contributed by atoms with Crippen molar-refractivity contribution < 1.29 is 0 Å². The van der Waals surface area contributed by atoms with Gasteiger partial charge in [-0.15, -0.1) is 0 Å². The molecule has 1 aromatic heterocycles. The molecule has 0 radical (unpaired) electrons. The number of anilines is 2. The minimum absolute atomic E-state index is 0.435. The number of aromatic nitrogens is 2. The number of rotatable bonds is 4. The summed E-state index contributed by atoms with van der Waals surface area (Å²) in [7, 11) is 2.09. The minimum atomic E-state index is 0.435. The molecule has 1 atom stereocenters. The lowest BCUT2D eigenvalue weighted by atomic mass is 10.0. The molecule has 1 aliphatic carbocycles. The Kier molecular flexibility index (Phi) is 3.46. The van der Waals surface area contributed by atoms with Gasteiger partial charge in [-0.2, -0.15) is 0 Å². The average molecular weight is 248 g/mol. The Morgan fingerprint density at radius 3 is 2.33 bits per heavy atom. The molecule has 4 nitrogen and oxygen atoms in total. The van der Waals surface area contributed by atoms with Crippen LogP contribution in [0.2, 0.25) is 0 Å². The van der Waals surface area contributed by atoms with Crippen LogP contribution < -0.4 is 10.6 Å². The van der Waals surface area contributed by atoms with Crippen LogP contribution >= 0.6 is 0 Å². The quantitative estimate of drug-likeness (QED) is 0.890. The Morgan fingerprint density at radius 2 is 1.83 bits per heavy atom. The van der Waals surface area contributed by atoms with Crippen molar-refractivity contribution in [2.45, 2.75) is 52.5 Å². The first-order valence-electron chi connectivity index (χ1n) is 6.78. The fourth-order valence-corrected chi connectivity index (χ4v) is 2.05. The molecule has 0 aliphatic heterocycles. The van der Waals surface area contributed by atoms with Gasteiger partial charge in [0.1, 0.15) is 17.5 Å². The highest BCUT2D eigenvalue weighted by Crippen LogP contribution is 2.39. The summed E-state index contributed by atoms with van der Waals surface area (Å²) in [6.07, 6.45) is 2.40. The Hall–Kier alpha value is -1.32. The van der Waals surface area contributed by atoms with Crippen LogP contribution in [0.3, 0.4) is 0 Å². The van der Waals surface area contributed by atoms with Crippen LogP contribution in [-0.4, -0.2) is 23.1 Å². The van der Waals surface area contributed by atoms with Crippen LogP contribution in [0, 0.1) is 12.8 Å². The average Bonchev–Trinajstić information content (AvgIpc) is 3.14. The van der Waals surface area contributed by atoms with Gasteiger partial charge in [-0.3, -0.25) is 0 Å². The highest BCUT2D eigenvalue weighted by Gasteiger charge is 2.29. The van der Waals surface area contributed by atoms with Crippen LogP contribution in [0.15, 0.2) is 0 Å². The Morgan fingerprint density at radius 1 is 1.22 bits per heavy atom. The molecule has 1 aromatic rings. The lowest BCUT2D eigenvalue weighted by molar-refractivity contribution is 0.501. The van der Waals surface area contributed by atoms with E-state index in [4.69, 9.17) is 10.7 Å². The van der Waals surface area contributed by atoms with Crippen molar-refractivity contribution in [2.75, 3.05) is 17.7 Å². The second-order valence-electron chi connectivity index (χ2n) is 5.79. The van der Waals surface area contributed by atoms with Gasteiger partial charge in [0.05, 0.1) is 0 Å². The molecule has 100 valence electrons. The molecule has 0 amide bonds. The molecular formula is C14H24N4. The summed E-state index contributed by atoms with van der Waals surface area (Å²) in [6, 6.07) is 0.435. The number of nitrogens with zero attached hydrogens (tertiary/aromatic N) is 3. The van der Waals surface area contributed by atoms with Crippen LogP contribution in [0.5, 0.6) is 0 Å². The third kappa shape index (κ3) is 2.42. The summed E-state index contributed by atoms with van der Waals surface area (Å²) < 4.78 is 0. The molecule has 1 aliphatic rings. The van der Waals surface area contributed by atoms with Crippen molar-refractivity contribution in [3.63, 3.8) is 0 Å². The lowest BCUT2D eigenvalue weighted by Crippen LogP contribution is -2.34. The summed E-state index contributed by atoms with van der Waals surface area (Å²) in [5.74, 6) is 3.66. The monoisotopic (exact) mass is 248 g/mol. The van der Waals surface area contributed by atoms with Crippen molar-refractivity contribution in [1.82, 2.24) is 9.97 Å². The second-order valence-corrected chi connectivity index (χ2v) is 5.79. The van der Waals surface area contributed by atoms with Gasteiger partial charge in [-0.05, 0) is 32.6 Å². The molecule has 2 rings (SSSR count). The third-order valence-electron chi connectivity index (χ3n) is 4.03. The van der Waals surface area contributed by atoms with E-state index in [0.717, 1.165) is 17.2 Å². The van der Waals surface area contributed by atoms with Gasteiger partial charge < -0.3 is 10.6 Å². The number of hydrogen-bond donors (Lipinski definition) is 1. The first-order chi connectivity index (χ1) is 8.41. The maximum atomic E-state index is 6.02. The molecule has 0 saturated heterocycles. The number of nitrogen functional groups attached to an aromatic ring is 1. The van der Waals surface area contributed by atoms with Crippen molar-refractivity contribution in [2.24, 2.45) is 5.92 Å². The number of hydrogen-bond acceptors (Lipinski definition) is 4. The molecule has 1 fully saturated rings. The van der Waals surface area contributed by atoms with Crippen LogP contribution in [0.25, 0.3) is 0 Å². The summed E-state index contributed by atoms with van der Waals surface area (Å²) >= 11 is 0. The van der Waals surface area contributed by atoms with Gasteiger partial charge in [0, 0.05) is 24.6 Å². The van der Waals surface area contributed by atoms with E-state index < -0.39 is 0 Å². The zero-order valence-electron chi connectivity index (χ0n) is 12.1. The predicted octanol–water partition coefficient (Wildman–Crippen LogP) is 2.73. The molecule has 1 heterocycles. The standard InChI is InChI=1S/C14H24N4/c1-8(2)10(4)18(5)14-9(3)12(15)16-13(17-14)11-6-7-11/h8,10-11H,6-7H2,1-5H3,(H2,15,16,17).